The van der Waals surface area contributed by atoms with Gasteiger partial charge in [0.25, 0.3) is 50.6 Å². The Morgan fingerprint density at radius 1 is 0.689 bits per heavy atom. The third kappa shape index (κ3) is 10.2. The average Bonchev–Trinajstić information content (AvgIpc) is 3.65. The van der Waals surface area contributed by atoms with Crippen LogP contribution in [0.25, 0.3) is 21.5 Å². The third-order valence-electron chi connectivity index (χ3n) is 13.6. The number of nitrogens with zero attached hydrogens (tertiary/aromatic N) is 2. The molecular weight excluding hydrogens is 1070 g/mol. The van der Waals surface area contributed by atoms with Crippen LogP contribution in [-0.4, -0.2) is 119 Å². The van der Waals surface area contributed by atoms with Gasteiger partial charge in [-0.25, -0.2) is 0 Å². The zero-order valence-corrected chi connectivity index (χ0v) is 45.0. The molecule has 7 rings (SSSR count). The van der Waals surface area contributed by atoms with Crippen LogP contribution in [0.3, 0.4) is 0 Å². The van der Waals surface area contributed by atoms with Gasteiger partial charge in [0.15, 0.2) is 11.1 Å². The number of benzene rings is 4. The monoisotopic (exact) mass is 1120 g/mol. The molecule has 1 unspecified atom stereocenters. The second-order valence-corrected chi connectivity index (χ2v) is 26.2. The molecule has 398 valence electrons. The molecule has 1 amide bonds. The summed E-state index contributed by atoms with van der Waals surface area (Å²) in [5, 5.41) is 2.60. The number of amides is 1. The molecule has 2 aliphatic heterocycles. The van der Waals surface area contributed by atoms with Crippen LogP contribution in [0.15, 0.2) is 115 Å². The van der Waals surface area contributed by atoms with Gasteiger partial charge in [0, 0.05) is 58.4 Å². The summed E-state index contributed by atoms with van der Waals surface area (Å²) in [6.07, 6.45) is 7.78. The van der Waals surface area contributed by atoms with Crippen molar-refractivity contribution in [3.63, 3.8) is 0 Å². The van der Waals surface area contributed by atoms with E-state index in [1.165, 1.54) is 19.1 Å². The van der Waals surface area contributed by atoms with Crippen molar-refractivity contribution in [2.75, 3.05) is 36.9 Å². The number of allylic oxidation sites excluding steroid dienone is 8. The van der Waals surface area contributed by atoms with E-state index in [2.05, 4.69) is 5.32 Å². The van der Waals surface area contributed by atoms with Gasteiger partial charge in [0.2, 0.25) is 11.6 Å². The van der Waals surface area contributed by atoms with Crippen molar-refractivity contribution >= 4 is 101 Å². The van der Waals surface area contributed by atoms with Gasteiger partial charge in [-0.1, -0.05) is 38.1 Å². The Bertz CT molecular complexity index is 3870. The second-order valence-electron chi connectivity index (χ2n) is 19.0. The van der Waals surface area contributed by atoms with Crippen LogP contribution in [-0.2, 0) is 75.7 Å². The Hall–Kier alpha value is -5.68. The lowest BCUT2D eigenvalue weighted by Gasteiger charge is -2.34. The molecule has 21 nitrogen and oxygen atoms in total. The van der Waals surface area contributed by atoms with Gasteiger partial charge in [-0.05, 0) is 117 Å². The molecule has 2 heterocycles. The number of hydrogen-bond donors (Lipinski definition) is 6. The lowest BCUT2D eigenvalue weighted by atomic mass is 9.70. The zero-order chi connectivity index (χ0) is 55.1. The van der Waals surface area contributed by atoms with Gasteiger partial charge >= 0.3 is 5.97 Å². The van der Waals surface area contributed by atoms with Crippen LogP contribution in [0.4, 0.5) is 11.4 Å². The van der Waals surface area contributed by atoms with E-state index in [-0.39, 0.29) is 41.0 Å². The quantitative estimate of drug-likeness (QED) is 0.0353. The van der Waals surface area contributed by atoms with Crippen molar-refractivity contribution < 1.29 is 83.8 Å². The fourth-order valence-electron chi connectivity index (χ4n) is 10.5. The lowest BCUT2D eigenvalue weighted by molar-refractivity contribution is -0.433. The highest BCUT2D eigenvalue weighted by Gasteiger charge is 2.51. The third-order valence-corrected chi connectivity index (χ3v) is 17.8. The summed E-state index contributed by atoms with van der Waals surface area (Å²) in [6, 6.07) is 9.57. The summed E-state index contributed by atoms with van der Waals surface area (Å²) < 4.78 is 181. The largest absolute Gasteiger partial charge is 0.465 e. The first-order valence-corrected chi connectivity index (χ1v) is 30.2. The molecule has 0 spiro atoms. The van der Waals surface area contributed by atoms with Crippen LogP contribution in [0.1, 0.15) is 72.4 Å². The molecule has 0 saturated heterocycles. The molecule has 3 aliphatic rings. The van der Waals surface area contributed by atoms with Crippen LogP contribution >= 0.6 is 0 Å². The molecule has 0 bridgehead atoms. The molecule has 26 heteroatoms. The van der Waals surface area contributed by atoms with Crippen molar-refractivity contribution in [2.45, 2.75) is 91.7 Å². The molecule has 0 aromatic heterocycles. The maximum Gasteiger partial charge on any atom is 0.322 e. The first kappa shape index (κ1) is 56.1. The van der Waals surface area contributed by atoms with Crippen molar-refractivity contribution in [1.82, 2.24) is 5.32 Å². The van der Waals surface area contributed by atoms with Gasteiger partial charge in [-0.15, -0.1) is 0 Å². The van der Waals surface area contributed by atoms with Crippen LogP contribution in [0.5, 0.6) is 0 Å². The summed E-state index contributed by atoms with van der Waals surface area (Å²) in [7, 11) is -24.6. The maximum absolute atomic E-state index is 14.4. The minimum atomic E-state index is -5.03. The maximum atomic E-state index is 14.4. The first-order valence-electron chi connectivity index (χ1n) is 22.8. The number of anilines is 1. The molecule has 1 atom stereocenters. The summed E-state index contributed by atoms with van der Waals surface area (Å²) >= 11 is 0. The fraction of sp³-hybridized carbons (Fsp3) is 0.354. The first-order chi connectivity index (χ1) is 34.0. The predicted molar refractivity (Wildman–Crippen MR) is 273 cm³/mol. The highest BCUT2D eigenvalue weighted by Crippen LogP contribution is 2.52. The molecule has 0 radical (unpaired) electrons. The van der Waals surface area contributed by atoms with E-state index < -0.39 is 111 Å². The van der Waals surface area contributed by atoms with Gasteiger partial charge in [0.05, 0.1) is 27.6 Å². The Labute approximate surface area is 428 Å². The number of fused-ring (bicyclic) bond motifs is 6. The van der Waals surface area contributed by atoms with Gasteiger partial charge in [-0.2, -0.15) is 46.7 Å². The van der Waals surface area contributed by atoms with Gasteiger partial charge in [0.1, 0.15) is 16.3 Å². The van der Waals surface area contributed by atoms with Gasteiger partial charge in [-0.3, -0.25) is 32.4 Å². The predicted octanol–water partition coefficient (Wildman–Crippen LogP) is 5.83. The number of esters is 1. The molecule has 4 aromatic carbocycles. The van der Waals surface area contributed by atoms with Crippen molar-refractivity contribution in [1.29, 1.82) is 0 Å². The fourth-order valence-corrected chi connectivity index (χ4v) is 13.5. The van der Waals surface area contributed by atoms with Gasteiger partial charge < -0.3 is 15.0 Å². The van der Waals surface area contributed by atoms with E-state index in [0.717, 1.165) is 12.1 Å². The Kier molecular flexibility index (Phi) is 14.5. The molecule has 1 aliphatic carbocycles. The van der Waals surface area contributed by atoms with E-state index >= 15 is 0 Å². The number of rotatable bonds is 15. The number of carbonyl (C=O) groups excluding carboxylic acids is 2. The summed E-state index contributed by atoms with van der Waals surface area (Å²) in [6.45, 7) is 12.2. The van der Waals surface area contributed by atoms with Crippen LogP contribution in [0.2, 0.25) is 0 Å². The number of ether oxygens (including phenoxy) is 1. The average molecular weight is 1120 g/mol. The Balaban J connectivity index is 1.42. The number of carbonyl (C=O) groups is 2. The number of nitrogens with one attached hydrogen (secondary N) is 1. The molecule has 74 heavy (non-hydrogen) atoms. The molecule has 0 saturated carbocycles. The van der Waals surface area contributed by atoms with Crippen molar-refractivity contribution in [3.05, 3.63) is 107 Å². The Morgan fingerprint density at radius 3 is 1.74 bits per heavy atom. The minimum absolute atomic E-state index is 0.0276. The van der Waals surface area contributed by atoms with E-state index in [4.69, 9.17) is 4.74 Å². The molecule has 0 fully saturated rings. The van der Waals surface area contributed by atoms with Crippen molar-refractivity contribution in [3.8, 4) is 0 Å². The highest BCUT2D eigenvalue weighted by atomic mass is 32.2. The SMILES string of the molecule is CCOC(=O)C1(C(=O)NCCS(=O)(=O)O)CC(/C=C/C2=[N+](CC)c3ccc4c(S(=O)(=O)O)cc(S(=O)(=O)O)cc4c3C2(C)C)=CC(=C/C=C2/N(CC)c3ccc4c(S(=O)(=O)O)cc(S(=O)(=O)O)cc4c3C2(C)C)/C1. The standard InChI is InChI=1S/C48H53N3O18S5/c1-8-50-36-15-13-32-34(22-30(71(57,58)59)24-38(32)73(63,64)65)42(36)46(4,5)40(50)17-11-28-21-29(27-48(26-28,45(53)69-10-3)44(52)49-19-20-70(54,55)56)12-18-41-47(6,7)43-35-23-31(72(60,61)62)25-39(74(66,67)68)33(35)14-16-37(43)51(41)9-2/h11-18,21-25H,8-10,19-20,26-27H2,1-7H3,(H5-,49,52,54,55,56,57,58,59,60,61,62,63,64,65,66,67,68)/p+1. The summed E-state index contributed by atoms with van der Waals surface area (Å²) in [5.41, 5.74) is -0.429. The second kappa shape index (κ2) is 19.2. The van der Waals surface area contributed by atoms with E-state index in [1.54, 1.807) is 70.2 Å². The van der Waals surface area contributed by atoms with Crippen molar-refractivity contribution in [2.24, 2.45) is 5.41 Å². The Morgan fingerprint density at radius 2 is 1.24 bits per heavy atom. The minimum Gasteiger partial charge on any atom is -0.465 e. The van der Waals surface area contributed by atoms with E-state index in [1.807, 2.05) is 23.3 Å². The van der Waals surface area contributed by atoms with Crippen LogP contribution in [0, 0.1) is 5.41 Å². The topological polar surface area (TPSA) is 334 Å². The van der Waals surface area contributed by atoms with Crippen LogP contribution < -0.4 is 10.2 Å². The van der Waals surface area contributed by atoms with E-state index in [9.17, 15) is 74.4 Å². The molecule has 4 aromatic rings. The molecular formula is C48H54N3O18S5+. The number of hydrogen-bond acceptors (Lipinski definition) is 14. The smallest absolute Gasteiger partial charge is 0.322 e. The highest BCUT2D eigenvalue weighted by molar-refractivity contribution is 7.87. The lowest BCUT2D eigenvalue weighted by Crippen LogP contribution is -2.49. The molecule has 6 N–H and O–H groups in total. The zero-order valence-electron chi connectivity index (χ0n) is 40.9. The normalized spacial score (nSPS) is 20.2. The summed E-state index contributed by atoms with van der Waals surface area (Å²) in [4.78, 5) is 27.5. The number of likely N-dealkylation sites (N-methyl/N-ethyl adjacent to an activating group) is 1. The summed E-state index contributed by atoms with van der Waals surface area (Å²) in [5.74, 6) is -2.77. The van der Waals surface area contributed by atoms with E-state index in [0.29, 0.717) is 70.3 Å².